The number of rotatable bonds is 8. The highest BCUT2D eigenvalue weighted by Crippen LogP contribution is 2.21. The van der Waals surface area contributed by atoms with Gasteiger partial charge in [0.15, 0.2) is 11.4 Å². The third-order valence-corrected chi connectivity index (χ3v) is 5.12. The summed E-state index contributed by atoms with van der Waals surface area (Å²) in [6, 6.07) is 7.60. The van der Waals surface area contributed by atoms with Gasteiger partial charge in [-0.1, -0.05) is 23.2 Å². The molecule has 0 unspecified atom stereocenters. The van der Waals surface area contributed by atoms with Crippen LogP contribution < -0.4 is 10.6 Å². The highest BCUT2D eigenvalue weighted by molar-refractivity contribution is 6.31. The molecule has 0 atom stereocenters. The first kappa shape index (κ1) is 29.7. The standard InChI is InChI=1S/2C12H9ClFN3O3/c2*1-19-5-4-10-11(17-20-16-10)12(18)15-7-2-3-9(14)8(13)6-7/h2*2-6H,1H3,(H,15,18). The summed E-state index contributed by atoms with van der Waals surface area (Å²) in [6.07, 6.45) is 5.49. The third-order valence-electron chi connectivity index (χ3n) is 4.54. The van der Waals surface area contributed by atoms with Crippen molar-refractivity contribution in [2.45, 2.75) is 0 Å². The number of benzene rings is 2. The van der Waals surface area contributed by atoms with E-state index in [4.69, 9.17) is 32.7 Å². The van der Waals surface area contributed by atoms with Crippen LogP contribution >= 0.6 is 23.2 Å². The summed E-state index contributed by atoms with van der Waals surface area (Å²) in [5.74, 6) is -2.28. The second kappa shape index (κ2) is 14.4. The summed E-state index contributed by atoms with van der Waals surface area (Å²) in [4.78, 5) is 23.9. The number of hydrogen-bond acceptors (Lipinski definition) is 10. The van der Waals surface area contributed by atoms with Crippen molar-refractivity contribution in [1.29, 1.82) is 0 Å². The molecule has 2 heterocycles. The number of nitrogens with one attached hydrogen (secondary N) is 2. The average Bonchev–Trinajstić information content (AvgIpc) is 3.60. The van der Waals surface area contributed by atoms with Crippen LogP contribution in [0.5, 0.6) is 0 Å². The van der Waals surface area contributed by atoms with Crippen LogP contribution in [0.2, 0.25) is 10.0 Å². The number of amides is 2. The predicted octanol–water partition coefficient (Wildman–Crippen LogP) is 5.46. The first-order valence-corrected chi connectivity index (χ1v) is 11.6. The van der Waals surface area contributed by atoms with Gasteiger partial charge in [0.05, 0.1) is 36.8 Å². The van der Waals surface area contributed by atoms with E-state index in [2.05, 4.69) is 40.5 Å². The quantitative estimate of drug-likeness (QED) is 0.251. The van der Waals surface area contributed by atoms with Crippen LogP contribution in [0.3, 0.4) is 0 Å². The van der Waals surface area contributed by atoms with Crippen molar-refractivity contribution in [2.24, 2.45) is 0 Å². The number of carbonyl (C=O) groups excluding carboxylic acids is 2. The van der Waals surface area contributed by atoms with Gasteiger partial charge >= 0.3 is 0 Å². The lowest BCUT2D eigenvalue weighted by molar-refractivity contribution is 0.100. The zero-order chi connectivity index (χ0) is 29.1. The Morgan fingerprint density at radius 3 is 1.50 bits per heavy atom. The van der Waals surface area contributed by atoms with Crippen LogP contribution in [-0.4, -0.2) is 46.7 Å². The highest BCUT2D eigenvalue weighted by Gasteiger charge is 2.18. The van der Waals surface area contributed by atoms with Gasteiger partial charge in [-0.05, 0) is 57.0 Å². The maximum atomic E-state index is 13.0. The van der Waals surface area contributed by atoms with E-state index in [0.717, 1.165) is 12.1 Å². The van der Waals surface area contributed by atoms with Crippen LogP contribution in [-0.2, 0) is 9.47 Å². The Bertz CT molecular complexity index is 1430. The Morgan fingerprint density at radius 2 is 1.15 bits per heavy atom. The molecular weight excluding hydrogens is 577 g/mol. The molecule has 2 aromatic heterocycles. The number of ether oxygens (including phenoxy) is 2. The summed E-state index contributed by atoms with van der Waals surface area (Å²) in [5, 5.41) is 18.9. The van der Waals surface area contributed by atoms with Gasteiger partial charge < -0.3 is 20.1 Å². The molecule has 16 heteroatoms. The summed E-state index contributed by atoms with van der Waals surface area (Å²) in [7, 11) is 2.90. The average molecular weight is 595 g/mol. The van der Waals surface area contributed by atoms with Gasteiger partial charge in [-0.2, -0.15) is 0 Å². The van der Waals surface area contributed by atoms with Crippen LogP contribution in [0.25, 0.3) is 12.2 Å². The Labute approximate surface area is 234 Å². The van der Waals surface area contributed by atoms with Gasteiger partial charge in [0.1, 0.15) is 23.0 Å². The number of methoxy groups -OCH3 is 2. The lowest BCUT2D eigenvalue weighted by Gasteiger charge is -2.03. The fraction of sp³-hybridized carbons (Fsp3) is 0.0833. The molecule has 208 valence electrons. The van der Waals surface area contributed by atoms with Gasteiger partial charge in [-0.15, -0.1) is 0 Å². The molecule has 0 radical (unpaired) electrons. The minimum Gasteiger partial charge on any atom is -0.504 e. The molecule has 0 fully saturated rings. The maximum absolute atomic E-state index is 13.0. The summed E-state index contributed by atoms with van der Waals surface area (Å²) >= 11 is 11.2. The van der Waals surface area contributed by atoms with E-state index < -0.39 is 23.4 Å². The van der Waals surface area contributed by atoms with E-state index in [1.165, 1.54) is 63.2 Å². The van der Waals surface area contributed by atoms with Crippen molar-refractivity contribution in [2.75, 3.05) is 24.9 Å². The summed E-state index contributed by atoms with van der Waals surface area (Å²) < 4.78 is 44.4. The SMILES string of the molecule is COC=Cc1nonc1C(=O)Nc1ccc(F)c(Cl)c1.COC=Cc1nonc1C(=O)Nc1ccc(F)c(Cl)c1. The third kappa shape index (κ3) is 8.09. The second-order valence-corrected chi connectivity index (χ2v) is 8.05. The topological polar surface area (TPSA) is 154 Å². The van der Waals surface area contributed by atoms with E-state index in [1.807, 2.05) is 0 Å². The van der Waals surface area contributed by atoms with E-state index in [0.29, 0.717) is 11.4 Å². The fourth-order valence-corrected chi connectivity index (χ4v) is 3.08. The Kier molecular flexibility index (Phi) is 10.7. The van der Waals surface area contributed by atoms with Crippen LogP contribution in [0.1, 0.15) is 32.4 Å². The molecule has 0 aliphatic rings. The monoisotopic (exact) mass is 594 g/mol. The van der Waals surface area contributed by atoms with Crippen molar-refractivity contribution in [3.8, 4) is 0 Å². The molecule has 0 saturated heterocycles. The molecule has 0 bridgehead atoms. The number of nitrogens with zero attached hydrogens (tertiary/aromatic N) is 4. The molecule has 12 nitrogen and oxygen atoms in total. The molecule has 0 spiro atoms. The molecule has 0 aliphatic carbocycles. The van der Waals surface area contributed by atoms with E-state index >= 15 is 0 Å². The molecule has 2 N–H and O–H groups in total. The number of anilines is 2. The van der Waals surface area contributed by atoms with Crippen molar-refractivity contribution in [3.05, 3.63) is 93.4 Å². The van der Waals surface area contributed by atoms with E-state index in [-0.39, 0.29) is 32.8 Å². The first-order valence-electron chi connectivity index (χ1n) is 10.8. The van der Waals surface area contributed by atoms with Gasteiger partial charge in [-0.3, -0.25) is 9.59 Å². The maximum Gasteiger partial charge on any atom is 0.280 e. The number of halogens is 4. The molecule has 2 amide bonds. The van der Waals surface area contributed by atoms with E-state index in [9.17, 15) is 18.4 Å². The Morgan fingerprint density at radius 1 is 0.750 bits per heavy atom. The van der Waals surface area contributed by atoms with E-state index in [1.54, 1.807) is 0 Å². The van der Waals surface area contributed by atoms with Crippen LogP contribution in [0, 0.1) is 11.6 Å². The molecule has 0 aliphatic heterocycles. The number of carbonyl (C=O) groups is 2. The van der Waals surface area contributed by atoms with Crippen LogP contribution in [0.4, 0.5) is 20.2 Å². The number of hydrogen-bond donors (Lipinski definition) is 2. The highest BCUT2D eigenvalue weighted by atomic mass is 35.5. The lowest BCUT2D eigenvalue weighted by atomic mass is 10.2. The predicted molar refractivity (Wildman–Crippen MR) is 139 cm³/mol. The summed E-state index contributed by atoms with van der Waals surface area (Å²) in [5.41, 5.74) is 1.00. The molecule has 2 aromatic carbocycles. The summed E-state index contributed by atoms with van der Waals surface area (Å²) in [6.45, 7) is 0. The minimum absolute atomic E-state index is 0.0289. The number of aromatic nitrogens is 4. The molecule has 40 heavy (non-hydrogen) atoms. The van der Waals surface area contributed by atoms with Crippen molar-refractivity contribution in [3.63, 3.8) is 0 Å². The molecular formula is C24H18Cl2F2N6O6. The largest absolute Gasteiger partial charge is 0.504 e. The lowest BCUT2D eigenvalue weighted by Crippen LogP contribution is -2.13. The van der Waals surface area contributed by atoms with Crippen molar-refractivity contribution >= 4 is 58.5 Å². The normalized spacial score (nSPS) is 10.8. The first-order chi connectivity index (χ1) is 19.2. The fourth-order valence-electron chi connectivity index (χ4n) is 2.72. The van der Waals surface area contributed by atoms with Gasteiger partial charge in [-0.25, -0.2) is 18.0 Å². The van der Waals surface area contributed by atoms with Gasteiger partial charge in [0.2, 0.25) is 0 Å². The van der Waals surface area contributed by atoms with Crippen LogP contribution in [0.15, 0.2) is 58.2 Å². The smallest absolute Gasteiger partial charge is 0.280 e. The Hall–Kier alpha value is -4.82. The van der Waals surface area contributed by atoms with Gasteiger partial charge in [0.25, 0.3) is 11.8 Å². The zero-order valence-corrected chi connectivity index (χ0v) is 22.0. The molecule has 4 rings (SSSR count). The zero-order valence-electron chi connectivity index (χ0n) is 20.5. The Balaban J connectivity index is 0.000000220. The molecule has 0 saturated carbocycles. The molecule has 4 aromatic rings. The van der Waals surface area contributed by atoms with Crippen molar-refractivity contribution in [1.82, 2.24) is 20.6 Å². The second-order valence-electron chi connectivity index (χ2n) is 7.24. The minimum atomic E-state index is -0.573. The van der Waals surface area contributed by atoms with Crippen molar-refractivity contribution < 1.29 is 37.1 Å². The van der Waals surface area contributed by atoms with Gasteiger partial charge in [0, 0.05) is 23.5 Å².